The number of carbonyl (C=O) groups excluding carboxylic acids is 1. The molecule has 1 amide bonds. The second-order valence-corrected chi connectivity index (χ2v) is 6.24. The lowest BCUT2D eigenvalue weighted by Crippen LogP contribution is -2.36. The maximum atomic E-state index is 12.8. The van der Waals surface area contributed by atoms with Crippen molar-refractivity contribution < 1.29 is 9.53 Å². The molecular weight excluding hydrogens is 326 g/mol. The first-order valence-corrected chi connectivity index (χ1v) is 8.56. The predicted molar refractivity (Wildman–Crippen MR) is 100 cm³/mol. The van der Waals surface area contributed by atoms with Gasteiger partial charge in [-0.1, -0.05) is 30.3 Å². The quantitative estimate of drug-likeness (QED) is 0.787. The maximum absolute atomic E-state index is 12.8. The Morgan fingerprint density at radius 2 is 1.88 bits per heavy atom. The predicted octanol–water partition coefficient (Wildman–Crippen LogP) is 3.65. The number of hydrogen-bond acceptors (Lipinski definition) is 4. The van der Waals surface area contributed by atoms with Crippen LogP contribution in [0.2, 0.25) is 0 Å². The van der Waals surface area contributed by atoms with E-state index in [1.165, 1.54) is 5.56 Å². The Labute approximate surface area is 152 Å². The van der Waals surface area contributed by atoms with E-state index in [2.05, 4.69) is 11.1 Å². The number of rotatable bonds is 3. The molecular formula is C21H19N3O2. The summed E-state index contributed by atoms with van der Waals surface area (Å²) in [4.78, 5) is 18.8. The van der Waals surface area contributed by atoms with E-state index in [0.717, 1.165) is 12.0 Å². The summed E-state index contributed by atoms with van der Waals surface area (Å²) in [7, 11) is 0. The van der Waals surface area contributed by atoms with Crippen molar-refractivity contribution in [1.82, 2.24) is 9.88 Å². The van der Waals surface area contributed by atoms with Crippen molar-refractivity contribution in [2.24, 2.45) is 0 Å². The molecule has 0 unspecified atom stereocenters. The van der Waals surface area contributed by atoms with Crippen molar-refractivity contribution in [3.05, 3.63) is 83.6 Å². The summed E-state index contributed by atoms with van der Waals surface area (Å²) in [6.07, 6.45) is 2.44. The summed E-state index contributed by atoms with van der Waals surface area (Å²) in [5.41, 5.74) is 9.32. The third kappa shape index (κ3) is 3.11. The number of nitrogens with zero attached hydrogens (tertiary/aromatic N) is 2. The largest absolute Gasteiger partial charge is 0.437 e. The van der Waals surface area contributed by atoms with Gasteiger partial charge < -0.3 is 15.4 Å². The highest BCUT2D eigenvalue weighted by molar-refractivity contribution is 5.94. The lowest BCUT2D eigenvalue weighted by molar-refractivity contribution is 0.0733. The standard InChI is InChI=1S/C21H19N3O2/c22-18-9-5-12-23-20(18)26-19-10-4-8-15-11-13-24(14-17(15)19)21(25)16-6-2-1-3-7-16/h1-10,12H,11,13-14,22H2. The van der Waals surface area contributed by atoms with Gasteiger partial charge in [-0.25, -0.2) is 4.98 Å². The molecule has 2 aromatic carbocycles. The molecule has 0 radical (unpaired) electrons. The molecule has 2 heterocycles. The lowest BCUT2D eigenvalue weighted by Gasteiger charge is -2.30. The normalized spacial score (nSPS) is 13.2. The van der Waals surface area contributed by atoms with Crippen molar-refractivity contribution in [2.75, 3.05) is 12.3 Å². The SMILES string of the molecule is Nc1cccnc1Oc1cccc2c1CN(C(=O)c1ccccc1)CC2. The zero-order valence-corrected chi connectivity index (χ0v) is 14.3. The number of nitrogens with two attached hydrogens (primary N) is 1. The Kier molecular flexibility index (Phi) is 4.27. The van der Waals surface area contributed by atoms with Crippen LogP contribution in [0.3, 0.4) is 0 Å². The average Bonchev–Trinajstić information content (AvgIpc) is 2.70. The minimum absolute atomic E-state index is 0.0309. The Hall–Kier alpha value is -3.34. The molecule has 1 aromatic heterocycles. The highest BCUT2D eigenvalue weighted by Gasteiger charge is 2.24. The van der Waals surface area contributed by atoms with Crippen molar-refractivity contribution in [1.29, 1.82) is 0 Å². The van der Waals surface area contributed by atoms with E-state index in [1.807, 2.05) is 47.4 Å². The van der Waals surface area contributed by atoms with Gasteiger partial charge in [-0.15, -0.1) is 0 Å². The summed E-state index contributed by atoms with van der Waals surface area (Å²) in [5, 5.41) is 0. The molecule has 26 heavy (non-hydrogen) atoms. The monoisotopic (exact) mass is 345 g/mol. The minimum Gasteiger partial charge on any atom is -0.437 e. The van der Waals surface area contributed by atoms with Gasteiger partial charge >= 0.3 is 0 Å². The zero-order valence-electron chi connectivity index (χ0n) is 14.3. The summed E-state index contributed by atoms with van der Waals surface area (Å²) >= 11 is 0. The first kappa shape index (κ1) is 16.1. The molecule has 0 atom stereocenters. The fourth-order valence-electron chi connectivity index (χ4n) is 3.18. The molecule has 4 rings (SSSR count). The summed E-state index contributed by atoms with van der Waals surface area (Å²) in [5.74, 6) is 1.11. The molecule has 130 valence electrons. The fourth-order valence-corrected chi connectivity index (χ4v) is 3.18. The topological polar surface area (TPSA) is 68.5 Å². The van der Waals surface area contributed by atoms with E-state index >= 15 is 0 Å². The van der Waals surface area contributed by atoms with Crippen LogP contribution in [0.25, 0.3) is 0 Å². The van der Waals surface area contributed by atoms with Gasteiger partial charge in [-0.2, -0.15) is 0 Å². The molecule has 0 aliphatic carbocycles. The molecule has 3 aromatic rings. The maximum Gasteiger partial charge on any atom is 0.254 e. The number of aromatic nitrogens is 1. The minimum atomic E-state index is 0.0309. The first-order chi connectivity index (χ1) is 12.7. The second-order valence-electron chi connectivity index (χ2n) is 6.24. The van der Waals surface area contributed by atoms with Crippen LogP contribution in [0.5, 0.6) is 11.6 Å². The van der Waals surface area contributed by atoms with Crippen molar-refractivity contribution in [3.63, 3.8) is 0 Å². The van der Waals surface area contributed by atoms with Gasteiger partial charge in [0.15, 0.2) is 0 Å². The van der Waals surface area contributed by atoms with Crippen LogP contribution in [-0.4, -0.2) is 22.3 Å². The van der Waals surface area contributed by atoms with Crippen LogP contribution >= 0.6 is 0 Å². The van der Waals surface area contributed by atoms with Gasteiger partial charge in [0.25, 0.3) is 5.91 Å². The van der Waals surface area contributed by atoms with E-state index < -0.39 is 0 Å². The number of hydrogen-bond donors (Lipinski definition) is 1. The van der Waals surface area contributed by atoms with Gasteiger partial charge in [-0.3, -0.25) is 4.79 Å². The van der Waals surface area contributed by atoms with Crippen LogP contribution < -0.4 is 10.5 Å². The summed E-state index contributed by atoms with van der Waals surface area (Å²) in [6, 6.07) is 18.8. The second kappa shape index (κ2) is 6.88. The van der Waals surface area contributed by atoms with Gasteiger partial charge in [0, 0.05) is 30.4 Å². The molecule has 1 aliphatic heterocycles. The van der Waals surface area contributed by atoms with Gasteiger partial charge in [0.1, 0.15) is 5.75 Å². The van der Waals surface area contributed by atoms with E-state index in [4.69, 9.17) is 10.5 Å². The Morgan fingerprint density at radius 3 is 2.69 bits per heavy atom. The van der Waals surface area contributed by atoms with Crippen LogP contribution in [0, 0.1) is 0 Å². The van der Waals surface area contributed by atoms with Gasteiger partial charge in [-0.05, 0) is 42.3 Å². The number of ether oxygens (including phenoxy) is 1. The molecule has 5 heteroatoms. The van der Waals surface area contributed by atoms with Crippen molar-refractivity contribution in [3.8, 4) is 11.6 Å². The molecule has 0 bridgehead atoms. The van der Waals surface area contributed by atoms with E-state index in [-0.39, 0.29) is 5.91 Å². The molecule has 5 nitrogen and oxygen atoms in total. The zero-order chi connectivity index (χ0) is 17.9. The van der Waals surface area contributed by atoms with Crippen molar-refractivity contribution in [2.45, 2.75) is 13.0 Å². The summed E-state index contributed by atoms with van der Waals surface area (Å²) in [6.45, 7) is 1.20. The van der Waals surface area contributed by atoms with Crippen LogP contribution in [0.15, 0.2) is 66.9 Å². The van der Waals surface area contributed by atoms with Crippen LogP contribution in [0.1, 0.15) is 21.5 Å². The Morgan fingerprint density at radius 1 is 1.04 bits per heavy atom. The number of pyridine rings is 1. The van der Waals surface area contributed by atoms with Gasteiger partial charge in [0.2, 0.25) is 5.88 Å². The number of nitrogen functional groups attached to an aromatic ring is 1. The number of carbonyl (C=O) groups is 1. The van der Waals surface area contributed by atoms with Crippen molar-refractivity contribution >= 4 is 11.6 Å². The summed E-state index contributed by atoms with van der Waals surface area (Å²) < 4.78 is 5.97. The Bertz CT molecular complexity index is 941. The molecule has 0 saturated carbocycles. The molecule has 1 aliphatic rings. The third-order valence-electron chi connectivity index (χ3n) is 4.55. The van der Waals surface area contributed by atoms with E-state index in [9.17, 15) is 4.79 Å². The Balaban J connectivity index is 1.62. The highest BCUT2D eigenvalue weighted by atomic mass is 16.5. The number of anilines is 1. The lowest BCUT2D eigenvalue weighted by atomic mass is 9.98. The van der Waals surface area contributed by atoms with Gasteiger partial charge in [0.05, 0.1) is 5.69 Å². The molecule has 0 saturated heterocycles. The number of benzene rings is 2. The highest BCUT2D eigenvalue weighted by Crippen LogP contribution is 2.33. The molecule has 0 spiro atoms. The van der Waals surface area contributed by atoms with E-state index in [1.54, 1.807) is 18.3 Å². The average molecular weight is 345 g/mol. The van der Waals surface area contributed by atoms with Crippen LogP contribution in [-0.2, 0) is 13.0 Å². The first-order valence-electron chi connectivity index (χ1n) is 8.56. The number of fused-ring (bicyclic) bond motifs is 1. The van der Waals surface area contributed by atoms with Crippen LogP contribution in [0.4, 0.5) is 5.69 Å². The smallest absolute Gasteiger partial charge is 0.254 e. The molecule has 0 fully saturated rings. The third-order valence-corrected chi connectivity index (χ3v) is 4.55. The fraction of sp³-hybridized carbons (Fsp3) is 0.143. The van der Waals surface area contributed by atoms with E-state index in [0.29, 0.717) is 36.0 Å². The number of amides is 1. The molecule has 2 N–H and O–H groups in total.